The van der Waals surface area contributed by atoms with Crippen molar-refractivity contribution in [3.63, 3.8) is 0 Å². The highest BCUT2D eigenvalue weighted by Gasteiger charge is 2.52. The Morgan fingerprint density at radius 3 is 2.47 bits per heavy atom. The number of piperazine rings is 1. The minimum Gasteiger partial charge on any atom is -0.497 e. The Morgan fingerprint density at radius 1 is 1.14 bits per heavy atom. The van der Waals surface area contributed by atoms with Crippen molar-refractivity contribution < 1.29 is 19.1 Å². The van der Waals surface area contributed by atoms with Crippen molar-refractivity contribution in [2.24, 2.45) is 11.8 Å². The normalized spacial score (nSPS) is 24.5. The molecular weight excluding hydrogens is 458 g/mol. The Kier molecular flexibility index (Phi) is 8.39. The highest BCUT2D eigenvalue weighted by molar-refractivity contribution is 5.91. The molecule has 1 unspecified atom stereocenters. The summed E-state index contributed by atoms with van der Waals surface area (Å²) in [5.41, 5.74) is 0.951. The Hall–Kier alpha value is -2.81. The van der Waals surface area contributed by atoms with Gasteiger partial charge in [-0.05, 0) is 42.4 Å². The number of fused-ring (bicyclic) bond motifs is 1. The molecule has 2 saturated heterocycles. The molecule has 1 aromatic rings. The lowest BCUT2D eigenvalue weighted by Gasteiger charge is -2.55. The van der Waals surface area contributed by atoms with Crippen LogP contribution in [0.1, 0.15) is 57.9 Å². The second-order valence-electron chi connectivity index (χ2n) is 10.5. The molecule has 0 aromatic heterocycles. The molecule has 1 N–H and O–H groups in total. The molecule has 0 bridgehead atoms. The van der Waals surface area contributed by atoms with Crippen LogP contribution in [0.3, 0.4) is 0 Å². The van der Waals surface area contributed by atoms with Gasteiger partial charge in [-0.15, -0.1) is 0 Å². The van der Waals surface area contributed by atoms with Gasteiger partial charge >= 0.3 is 6.03 Å². The van der Waals surface area contributed by atoms with E-state index in [2.05, 4.69) is 5.32 Å². The molecule has 3 fully saturated rings. The third-order valence-electron chi connectivity index (χ3n) is 8.07. The van der Waals surface area contributed by atoms with Crippen LogP contribution in [0, 0.1) is 11.8 Å². The first-order chi connectivity index (χ1) is 17.3. The van der Waals surface area contributed by atoms with Crippen molar-refractivity contribution in [3.8, 4) is 5.75 Å². The maximum Gasteiger partial charge on any atom is 0.334 e. The number of nitrogens with zero attached hydrogens (tertiary/aromatic N) is 4. The molecule has 9 nitrogen and oxygen atoms in total. The van der Waals surface area contributed by atoms with E-state index in [1.54, 1.807) is 29.1 Å². The topological polar surface area (TPSA) is 85.4 Å². The molecule has 1 saturated carbocycles. The lowest BCUT2D eigenvalue weighted by Crippen LogP contribution is -2.76. The number of likely N-dealkylation sites (N-methyl/N-ethyl adjacent to an activating group) is 1. The average Bonchev–Trinajstić information content (AvgIpc) is 2.88. The molecule has 2 heterocycles. The number of amides is 4. The fraction of sp³-hybridized carbons (Fsp3) is 0.667. The van der Waals surface area contributed by atoms with Crippen LogP contribution in [0.15, 0.2) is 24.3 Å². The zero-order valence-corrected chi connectivity index (χ0v) is 22.1. The number of rotatable bonds is 7. The Balaban J connectivity index is 1.55. The first kappa shape index (κ1) is 26.3. The molecule has 0 radical (unpaired) electrons. The summed E-state index contributed by atoms with van der Waals surface area (Å²) in [4.78, 5) is 44.1. The van der Waals surface area contributed by atoms with Gasteiger partial charge in [0.25, 0.3) is 0 Å². The largest absolute Gasteiger partial charge is 0.497 e. The SMILES string of the molecule is CCC(C)[C@H]1C(=O)N(CC2CCCCC2)C[C@H]2N1C(=O)CN(C)N2C(=O)NCc1ccc(OC)cc1. The van der Waals surface area contributed by atoms with Gasteiger partial charge in [0.15, 0.2) is 0 Å². The number of hydrogen-bond donors (Lipinski definition) is 1. The number of nitrogens with one attached hydrogen (secondary N) is 1. The molecule has 4 rings (SSSR count). The molecular formula is C27H41N5O4. The number of hydrazine groups is 1. The highest BCUT2D eigenvalue weighted by Crippen LogP contribution is 2.32. The van der Waals surface area contributed by atoms with Gasteiger partial charge in [-0.3, -0.25) is 9.59 Å². The van der Waals surface area contributed by atoms with E-state index < -0.39 is 12.2 Å². The summed E-state index contributed by atoms with van der Waals surface area (Å²) in [6.45, 7) is 5.54. The van der Waals surface area contributed by atoms with Gasteiger partial charge in [-0.25, -0.2) is 14.8 Å². The summed E-state index contributed by atoms with van der Waals surface area (Å²) in [6.07, 6.45) is 6.21. The van der Waals surface area contributed by atoms with Crippen LogP contribution in [0.4, 0.5) is 4.79 Å². The van der Waals surface area contributed by atoms with Crippen LogP contribution < -0.4 is 10.1 Å². The van der Waals surface area contributed by atoms with E-state index in [-0.39, 0.29) is 30.3 Å². The molecule has 198 valence electrons. The fourth-order valence-electron chi connectivity index (χ4n) is 5.84. The van der Waals surface area contributed by atoms with E-state index in [0.717, 1.165) is 30.6 Å². The average molecular weight is 500 g/mol. The fourth-order valence-corrected chi connectivity index (χ4v) is 5.84. The number of methoxy groups -OCH3 is 1. The number of hydrogen-bond acceptors (Lipinski definition) is 5. The third kappa shape index (κ3) is 5.45. The summed E-state index contributed by atoms with van der Waals surface area (Å²) >= 11 is 0. The van der Waals surface area contributed by atoms with Crippen LogP contribution in [-0.2, 0) is 16.1 Å². The molecule has 4 amide bonds. The summed E-state index contributed by atoms with van der Waals surface area (Å²) in [6, 6.07) is 6.74. The van der Waals surface area contributed by atoms with Crippen molar-refractivity contribution in [1.29, 1.82) is 0 Å². The number of ether oxygens (including phenoxy) is 1. The van der Waals surface area contributed by atoms with Crippen LogP contribution in [0.25, 0.3) is 0 Å². The predicted octanol–water partition coefficient (Wildman–Crippen LogP) is 3.06. The van der Waals surface area contributed by atoms with Gasteiger partial charge in [-0.2, -0.15) is 0 Å². The second kappa shape index (κ2) is 11.5. The zero-order chi connectivity index (χ0) is 25.8. The molecule has 1 aromatic carbocycles. The molecule has 36 heavy (non-hydrogen) atoms. The van der Waals surface area contributed by atoms with Gasteiger partial charge in [0, 0.05) is 20.1 Å². The first-order valence-corrected chi connectivity index (χ1v) is 13.3. The van der Waals surface area contributed by atoms with Crippen LogP contribution in [-0.4, -0.2) is 83.7 Å². The summed E-state index contributed by atoms with van der Waals surface area (Å²) in [7, 11) is 3.39. The summed E-state index contributed by atoms with van der Waals surface area (Å²) in [5, 5.41) is 6.34. The molecule has 3 aliphatic rings. The number of carbonyl (C=O) groups excluding carboxylic acids is 3. The smallest absolute Gasteiger partial charge is 0.334 e. The molecule has 2 aliphatic heterocycles. The Bertz CT molecular complexity index is 933. The number of benzene rings is 1. The van der Waals surface area contributed by atoms with Crippen molar-refractivity contribution in [3.05, 3.63) is 29.8 Å². The van der Waals surface area contributed by atoms with Crippen LogP contribution in [0.5, 0.6) is 5.75 Å². The first-order valence-electron chi connectivity index (χ1n) is 13.3. The standard InChI is InChI=1S/C27H41N5O4/c1-5-19(2)25-26(34)30(16-21-9-7-6-8-10-21)17-23-31(25)24(33)18-29(3)32(23)27(35)28-15-20-11-13-22(36-4)14-12-20/h11-14,19,21,23,25H,5-10,15-18H2,1-4H3,(H,28,35)/t19?,23-,25-/m0/s1. The molecule has 0 spiro atoms. The number of urea groups is 1. The monoisotopic (exact) mass is 499 g/mol. The minimum atomic E-state index is -0.546. The van der Waals surface area contributed by atoms with Gasteiger partial charge in [0.05, 0.1) is 20.2 Å². The lowest BCUT2D eigenvalue weighted by molar-refractivity contribution is -0.191. The van der Waals surface area contributed by atoms with E-state index >= 15 is 0 Å². The second-order valence-corrected chi connectivity index (χ2v) is 10.5. The number of carbonyl (C=O) groups is 3. The van der Waals surface area contributed by atoms with Gasteiger partial charge in [0.2, 0.25) is 11.8 Å². The third-order valence-corrected chi connectivity index (χ3v) is 8.07. The van der Waals surface area contributed by atoms with Crippen LogP contribution >= 0.6 is 0 Å². The Labute approximate surface area is 214 Å². The lowest BCUT2D eigenvalue weighted by atomic mass is 9.87. The minimum absolute atomic E-state index is 0.00530. The van der Waals surface area contributed by atoms with Gasteiger partial charge in [-0.1, -0.05) is 51.7 Å². The van der Waals surface area contributed by atoms with Crippen molar-refractivity contribution in [2.75, 3.05) is 33.8 Å². The Morgan fingerprint density at radius 2 is 1.83 bits per heavy atom. The van der Waals surface area contributed by atoms with E-state index in [1.165, 1.54) is 19.3 Å². The summed E-state index contributed by atoms with van der Waals surface area (Å²) in [5.74, 6) is 1.18. The van der Waals surface area contributed by atoms with Crippen molar-refractivity contribution in [1.82, 2.24) is 25.1 Å². The highest BCUT2D eigenvalue weighted by atomic mass is 16.5. The maximum atomic E-state index is 13.7. The molecule has 3 atom stereocenters. The quantitative estimate of drug-likeness (QED) is 0.623. The van der Waals surface area contributed by atoms with E-state index in [4.69, 9.17) is 4.74 Å². The zero-order valence-electron chi connectivity index (χ0n) is 22.1. The maximum absolute atomic E-state index is 13.7. The van der Waals surface area contributed by atoms with E-state index in [1.807, 2.05) is 43.0 Å². The predicted molar refractivity (Wildman–Crippen MR) is 137 cm³/mol. The molecule has 9 heteroatoms. The van der Waals surface area contributed by atoms with Crippen molar-refractivity contribution in [2.45, 2.75) is 71.1 Å². The van der Waals surface area contributed by atoms with E-state index in [0.29, 0.717) is 25.6 Å². The van der Waals surface area contributed by atoms with Crippen molar-refractivity contribution >= 4 is 17.8 Å². The van der Waals surface area contributed by atoms with Crippen LogP contribution in [0.2, 0.25) is 0 Å². The summed E-state index contributed by atoms with van der Waals surface area (Å²) < 4.78 is 5.21. The van der Waals surface area contributed by atoms with Gasteiger partial charge < -0.3 is 19.9 Å². The van der Waals surface area contributed by atoms with E-state index in [9.17, 15) is 14.4 Å². The molecule has 1 aliphatic carbocycles. The van der Waals surface area contributed by atoms with Gasteiger partial charge in [0.1, 0.15) is 18.0 Å².